The highest BCUT2D eigenvalue weighted by Crippen LogP contribution is 2.33. The number of hydrogen-bond acceptors (Lipinski definition) is 1. The molecule has 0 aromatic heterocycles. The number of alkyl halides is 3. The fourth-order valence-corrected chi connectivity index (χ4v) is 1.80. The van der Waals surface area contributed by atoms with Gasteiger partial charge in [-0.15, -0.1) is 0 Å². The normalized spacial score (nSPS) is 14.6. The van der Waals surface area contributed by atoms with Gasteiger partial charge >= 0.3 is 6.18 Å². The minimum atomic E-state index is -4.27. The molecule has 0 aliphatic rings. The smallest absolute Gasteiger partial charge is 0.299 e. The summed E-state index contributed by atoms with van der Waals surface area (Å²) in [6, 6.07) is 0. The van der Waals surface area contributed by atoms with E-state index >= 15 is 0 Å². The number of unbranched alkanes of at least 4 members (excludes halogenated alkanes) is 3. The highest BCUT2D eigenvalue weighted by Gasteiger charge is 2.39. The SMILES string of the molecule is CCCCCCC(C)(C)C(=O)CC(C)C(F)(F)F. The van der Waals surface area contributed by atoms with Crippen molar-refractivity contribution in [3.63, 3.8) is 0 Å². The van der Waals surface area contributed by atoms with Gasteiger partial charge in [-0.1, -0.05) is 53.4 Å². The summed E-state index contributed by atoms with van der Waals surface area (Å²) < 4.78 is 37.2. The number of hydrogen-bond donors (Lipinski definition) is 0. The molecular weight excluding hydrogens is 241 g/mol. The molecule has 18 heavy (non-hydrogen) atoms. The summed E-state index contributed by atoms with van der Waals surface area (Å²) in [4.78, 5) is 11.9. The van der Waals surface area contributed by atoms with Gasteiger partial charge in [0.2, 0.25) is 0 Å². The fraction of sp³-hybridized carbons (Fsp3) is 0.929. The lowest BCUT2D eigenvalue weighted by Crippen LogP contribution is -2.30. The van der Waals surface area contributed by atoms with Gasteiger partial charge in [0.15, 0.2) is 0 Å². The van der Waals surface area contributed by atoms with E-state index in [9.17, 15) is 18.0 Å². The summed E-state index contributed by atoms with van der Waals surface area (Å²) in [5.41, 5.74) is -0.632. The van der Waals surface area contributed by atoms with Crippen molar-refractivity contribution in [1.82, 2.24) is 0 Å². The Balaban J connectivity index is 4.21. The molecule has 1 atom stereocenters. The number of ketones is 1. The highest BCUT2D eigenvalue weighted by atomic mass is 19.4. The van der Waals surface area contributed by atoms with Crippen LogP contribution in [0.2, 0.25) is 0 Å². The van der Waals surface area contributed by atoms with E-state index in [4.69, 9.17) is 0 Å². The maximum atomic E-state index is 12.4. The Bertz CT molecular complexity index is 256. The zero-order valence-electron chi connectivity index (χ0n) is 11.9. The first-order valence-electron chi connectivity index (χ1n) is 6.71. The molecule has 0 spiro atoms. The third-order valence-electron chi connectivity index (χ3n) is 3.46. The number of carbonyl (C=O) groups is 1. The summed E-state index contributed by atoms with van der Waals surface area (Å²) in [6.07, 6.45) is 0.187. The minimum absolute atomic E-state index is 0.274. The van der Waals surface area contributed by atoms with Crippen molar-refractivity contribution in [1.29, 1.82) is 0 Å². The number of rotatable bonds is 8. The van der Waals surface area contributed by atoms with Crippen LogP contribution in [0.25, 0.3) is 0 Å². The monoisotopic (exact) mass is 266 g/mol. The van der Waals surface area contributed by atoms with E-state index in [1.54, 1.807) is 13.8 Å². The van der Waals surface area contributed by atoms with Crippen LogP contribution in [0.1, 0.15) is 66.2 Å². The first kappa shape index (κ1) is 17.5. The maximum Gasteiger partial charge on any atom is 0.391 e. The molecule has 0 saturated heterocycles. The lowest BCUT2D eigenvalue weighted by atomic mass is 9.79. The third-order valence-corrected chi connectivity index (χ3v) is 3.46. The number of Topliss-reactive ketones (excluding diaryl/α,β-unsaturated/α-hetero) is 1. The molecule has 108 valence electrons. The number of halogens is 3. The highest BCUT2D eigenvalue weighted by molar-refractivity contribution is 5.84. The van der Waals surface area contributed by atoms with E-state index in [2.05, 4.69) is 6.92 Å². The summed E-state index contributed by atoms with van der Waals surface area (Å²) in [6.45, 7) is 6.68. The van der Waals surface area contributed by atoms with Crippen LogP contribution < -0.4 is 0 Å². The molecule has 0 bridgehead atoms. The second-order valence-electron chi connectivity index (χ2n) is 5.76. The van der Waals surface area contributed by atoms with Crippen LogP contribution in [-0.2, 0) is 4.79 Å². The zero-order chi connectivity index (χ0) is 14.4. The van der Waals surface area contributed by atoms with E-state index in [1.807, 2.05) is 0 Å². The Labute approximate surface area is 108 Å². The molecule has 0 fully saturated rings. The first-order valence-corrected chi connectivity index (χ1v) is 6.71. The predicted molar refractivity (Wildman–Crippen MR) is 67.4 cm³/mol. The van der Waals surface area contributed by atoms with Crippen molar-refractivity contribution in [3.8, 4) is 0 Å². The Morgan fingerprint density at radius 3 is 2.11 bits per heavy atom. The summed E-state index contributed by atoms with van der Waals surface area (Å²) >= 11 is 0. The van der Waals surface area contributed by atoms with Crippen LogP contribution in [0.15, 0.2) is 0 Å². The Morgan fingerprint density at radius 2 is 1.67 bits per heavy atom. The molecule has 1 unspecified atom stereocenters. The van der Waals surface area contributed by atoms with E-state index in [0.29, 0.717) is 6.42 Å². The molecule has 0 N–H and O–H groups in total. The molecule has 0 aromatic carbocycles. The van der Waals surface area contributed by atoms with Crippen molar-refractivity contribution in [2.24, 2.45) is 11.3 Å². The van der Waals surface area contributed by atoms with Gasteiger partial charge in [-0.3, -0.25) is 4.79 Å². The molecule has 0 rings (SSSR count). The number of carbonyl (C=O) groups excluding carboxylic acids is 1. The Morgan fingerprint density at radius 1 is 1.11 bits per heavy atom. The second kappa shape index (κ2) is 7.15. The summed E-state index contributed by atoms with van der Waals surface area (Å²) in [7, 11) is 0. The summed E-state index contributed by atoms with van der Waals surface area (Å²) in [5, 5.41) is 0. The molecular formula is C14H25F3O. The quantitative estimate of drug-likeness (QED) is 0.556. The van der Waals surface area contributed by atoms with Gasteiger partial charge in [-0.2, -0.15) is 13.2 Å². The van der Waals surface area contributed by atoms with Gasteiger partial charge in [-0.05, 0) is 6.42 Å². The second-order valence-corrected chi connectivity index (χ2v) is 5.76. The van der Waals surface area contributed by atoms with Crippen LogP contribution in [0, 0.1) is 11.3 Å². The van der Waals surface area contributed by atoms with Crippen molar-refractivity contribution >= 4 is 5.78 Å². The van der Waals surface area contributed by atoms with Gasteiger partial charge in [0.1, 0.15) is 5.78 Å². The third kappa shape index (κ3) is 6.41. The van der Waals surface area contributed by atoms with Gasteiger partial charge in [0.25, 0.3) is 0 Å². The van der Waals surface area contributed by atoms with Crippen LogP contribution in [0.5, 0.6) is 0 Å². The molecule has 0 aliphatic heterocycles. The van der Waals surface area contributed by atoms with Crippen molar-refractivity contribution in [2.45, 2.75) is 72.4 Å². The molecule has 4 heteroatoms. The molecule has 0 aliphatic carbocycles. The average molecular weight is 266 g/mol. The van der Waals surface area contributed by atoms with Gasteiger partial charge in [-0.25, -0.2) is 0 Å². The van der Waals surface area contributed by atoms with Gasteiger partial charge in [0, 0.05) is 11.8 Å². The van der Waals surface area contributed by atoms with Crippen molar-refractivity contribution < 1.29 is 18.0 Å². The Hall–Kier alpha value is -0.540. The standard InChI is InChI=1S/C14H25F3O/c1-5-6-7-8-9-13(3,4)12(18)10-11(2)14(15,16)17/h11H,5-10H2,1-4H3. The average Bonchev–Trinajstić information content (AvgIpc) is 2.23. The van der Waals surface area contributed by atoms with E-state index in [0.717, 1.165) is 32.6 Å². The first-order chi connectivity index (χ1) is 8.11. The Kier molecular flexibility index (Phi) is 6.93. The lowest BCUT2D eigenvalue weighted by Gasteiger charge is -2.25. The maximum absolute atomic E-state index is 12.4. The summed E-state index contributed by atoms with van der Waals surface area (Å²) in [5.74, 6) is -1.82. The van der Waals surface area contributed by atoms with Gasteiger partial charge in [0.05, 0.1) is 5.92 Å². The van der Waals surface area contributed by atoms with E-state index in [1.165, 1.54) is 0 Å². The van der Waals surface area contributed by atoms with Crippen LogP contribution >= 0.6 is 0 Å². The fourth-order valence-electron chi connectivity index (χ4n) is 1.80. The molecule has 0 amide bonds. The molecule has 1 nitrogen and oxygen atoms in total. The van der Waals surface area contributed by atoms with Gasteiger partial charge < -0.3 is 0 Å². The molecule has 0 aromatic rings. The molecule has 0 radical (unpaired) electrons. The zero-order valence-corrected chi connectivity index (χ0v) is 11.9. The predicted octanol–water partition coefficient (Wildman–Crippen LogP) is 5.14. The van der Waals surface area contributed by atoms with Crippen LogP contribution in [-0.4, -0.2) is 12.0 Å². The van der Waals surface area contributed by atoms with Crippen LogP contribution in [0.3, 0.4) is 0 Å². The molecule has 0 saturated carbocycles. The largest absolute Gasteiger partial charge is 0.391 e. The molecule has 0 heterocycles. The van der Waals surface area contributed by atoms with Crippen LogP contribution in [0.4, 0.5) is 13.2 Å². The van der Waals surface area contributed by atoms with Crippen molar-refractivity contribution in [2.75, 3.05) is 0 Å². The lowest BCUT2D eigenvalue weighted by molar-refractivity contribution is -0.175. The topological polar surface area (TPSA) is 17.1 Å². The minimum Gasteiger partial charge on any atom is -0.299 e. The van der Waals surface area contributed by atoms with E-state index < -0.39 is 23.9 Å². The van der Waals surface area contributed by atoms with Crippen molar-refractivity contribution in [3.05, 3.63) is 0 Å². The van der Waals surface area contributed by atoms with E-state index in [-0.39, 0.29) is 5.78 Å².